The van der Waals surface area contributed by atoms with Gasteiger partial charge < -0.3 is 9.84 Å². The first-order valence-electron chi connectivity index (χ1n) is 6.59. The molecule has 20 heavy (non-hydrogen) atoms. The van der Waals surface area contributed by atoms with Crippen LogP contribution in [0.25, 0.3) is 0 Å². The number of aliphatic hydroxyl groups is 1. The van der Waals surface area contributed by atoms with Crippen molar-refractivity contribution < 1.29 is 9.84 Å². The maximum absolute atomic E-state index is 10.5. The van der Waals surface area contributed by atoms with Crippen LogP contribution < -0.4 is 4.74 Å². The lowest BCUT2D eigenvalue weighted by atomic mass is 9.97. The SMILES string of the molecule is CCc1cnccc1C(O)Cc1cc(Br)ccc1OC. The molecule has 1 unspecified atom stereocenters. The molecule has 2 rings (SSSR count). The summed E-state index contributed by atoms with van der Waals surface area (Å²) < 4.78 is 6.33. The van der Waals surface area contributed by atoms with Crippen molar-refractivity contribution in [1.82, 2.24) is 4.98 Å². The molecule has 1 atom stereocenters. The van der Waals surface area contributed by atoms with Gasteiger partial charge in [0.1, 0.15) is 5.75 Å². The van der Waals surface area contributed by atoms with Gasteiger partial charge in [-0.05, 0) is 47.4 Å². The predicted molar refractivity (Wildman–Crippen MR) is 83.0 cm³/mol. The summed E-state index contributed by atoms with van der Waals surface area (Å²) in [5.41, 5.74) is 2.99. The van der Waals surface area contributed by atoms with E-state index in [2.05, 4.69) is 27.8 Å². The number of ether oxygens (including phenoxy) is 1. The monoisotopic (exact) mass is 335 g/mol. The van der Waals surface area contributed by atoms with Gasteiger partial charge in [0.05, 0.1) is 13.2 Å². The van der Waals surface area contributed by atoms with E-state index < -0.39 is 6.10 Å². The number of aryl methyl sites for hydroxylation is 1. The minimum atomic E-state index is -0.559. The van der Waals surface area contributed by atoms with Gasteiger partial charge in [-0.2, -0.15) is 0 Å². The molecule has 1 aromatic heterocycles. The van der Waals surface area contributed by atoms with Crippen molar-refractivity contribution in [3.8, 4) is 5.75 Å². The van der Waals surface area contributed by atoms with Crippen LogP contribution in [0.1, 0.15) is 29.7 Å². The average Bonchev–Trinajstić information content (AvgIpc) is 2.47. The fraction of sp³-hybridized carbons (Fsp3) is 0.312. The molecule has 0 bridgehead atoms. The summed E-state index contributed by atoms with van der Waals surface area (Å²) in [7, 11) is 1.64. The van der Waals surface area contributed by atoms with Gasteiger partial charge in [0.2, 0.25) is 0 Å². The van der Waals surface area contributed by atoms with E-state index in [-0.39, 0.29) is 0 Å². The predicted octanol–water partition coefficient (Wildman–Crippen LogP) is 3.69. The van der Waals surface area contributed by atoms with Crippen LogP contribution in [0.3, 0.4) is 0 Å². The van der Waals surface area contributed by atoms with Crippen LogP contribution in [0, 0.1) is 0 Å². The minimum Gasteiger partial charge on any atom is -0.496 e. The molecule has 106 valence electrons. The van der Waals surface area contributed by atoms with Crippen molar-refractivity contribution in [2.45, 2.75) is 25.9 Å². The van der Waals surface area contributed by atoms with Crippen LogP contribution >= 0.6 is 15.9 Å². The molecule has 1 aromatic carbocycles. The van der Waals surface area contributed by atoms with Crippen LogP contribution in [-0.2, 0) is 12.8 Å². The van der Waals surface area contributed by atoms with E-state index in [0.29, 0.717) is 6.42 Å². The number of halogens is 1. The summed E-state index contributed by atoms with van der Waals surface area (Å²) in [6, 6.07) is 7.70. The molecule has 3 nitrogen and oxygen atoms in total. The smallest absolute Gasteiger partial charge is 0.122 e. The number of rotatable bonds is 5. The molecular weight excluding hydrogens is 318 g/mol. The standard InChI is InChI=1S/C16H18BrNO2/c1-3-11-10-18-7-6-14(11)15(19)9-12-8-13(17)4-5-16(12)20-2/h4-8,10,15,19H,3,9H2,1-2H3. The second kappa shape index (κ2) is 6.86. The lowest BCUT2D eigenvalue weighted by Gasteiger charge is -2.16. The van der Waals surface area contributed by atoms with Crippen LogP contribution in [0.4, 0.5) is 0 Å². The summed E-state index contributed by atoms with van der Waals surface area (Å²) in [5.74, 6) is 0.791. The summed E-state index contributed by atoms with van der Waals surface area (Å²) in [6.45, 7) is 2.06. The highest BCUT2D eigenvalue weighted by Crippen LogP contribution is 2.29. The number of nitrogens with zero attached hydrogens (tertiary/aromatic N) is 1. The Kier molecular flexibility index (Phi) is 5.15. The van der Waals surface area contributed by atoms with Crippen molar-refractivity contribution in [2.24, 2.45) is 0 Å². The van der Waals surface area contributed by atoms with Gasteiger partial charge in [-0.1, -0.05) is 22.9 Å². The molecule has 1 heterocycles. The van der Waals surface area contributed by atoms with Gasteiger partial charge in [-0.3, -0.25) is 4.98 Å². The van der Waals surface area contributed by atoms with Crippen molar-refractivity contribution in [1.29, 1.82) is 0 Å². The Balaban J connectivity index is 2.27. The molecule has 0 saturated heterocycles. The van der Waals surface area contributed by atoms with Gasteiger partial charge in [-0.25, -0.2) is 0 Å². The quantitative estimate of drug-likeness (QED) is 0.905. The van der Waals surface area contributed by atoms with E-state index in [9.17, 15) is 5.11 Å². The summed E-state index contributed by atoms with van der Waals surface area (Å²) in [5, 5.41) is 10.5. The molecule has 0 spiro atoms. The highest BCUT2D eigenvalue weighted by atomic mass is 79.9. The third-order valence-electron chi connectivity index (χ3n) is 3.34. The van der Waals surface area contributed by atoms with E-state index >= 15 is 0 Å². The first kappa shape index (κ1) is 15.0. The minimum absolute atomic E-state index is 0.514. The van der Waals surface area contributed by atoms with E-state index in [1.807, 2.05) is 30.5 Å². The maximum atomic E-state index is 10.5. The van der Waals surface area contributed by atoms with E-state index in [4.69, 9.17) is 4.74 Å². The second-order valence-electron chi connectivity index (χ2n) is 4.60. The molecule has 0 aliphatic rings. The van der Waals surface area contributed by atoms with Crippen LogP contribution in [-0.4, -0.2) is 17.2 Å². The Morgan fingerprint density at radius 3 is 2.80 bits per heavy atom. The molecular formula is C16H18BrNO2. The second-order valence-corrected chi connectivity index (χ2v) is 5.52. The molecule has 4 heteroatoms. The summed E-state index contributed by atoms with van der Waals surface area (Å²) in [6.07, 6.45) is 4.35. The van der Waals surface area contributed by atoms with Crippen molar-refractivity contribution in [3.05, 3.63) is 57.8 Å². The van der Waals surface area contributed by atoms with E-state index in [0.717, 1.165) is 33.3 Å². The first-order valence-corrected chi connectivity index (χ1v) is 7.38. The van der Waals surface area contributed by atoms with Crippen molar-refractivity contribution >= 4 is 15.9 Å². The van der Waals surface area contributed by atoms with Gasteiger partial charge in [0.15, 0.2) is 0 Å². The lowest BCUT2D eigenvalue weighted by molar-refractivity contribution is 0.176. The fourth-order valence-corrected chi connectivity index (χ4v) is 2.69. The molecule has 1 N–H and O–H groups in total. The number of aromatic nitrogens is 1. The van der Waals surface area contributed by atoms with Crippen LogP contribution in [0.15, 0.2) is 41.1 Å². The highest BCUT2D eigenvalue weighted by molar-refractivity contribution is 9.10. The number of hydrogen-bond donors (Lipinski definition) is 1. The van der Waals surface area contributed by atoms with Gasteiger partial charge in [0, 0.05) is 23.3 Å². The number of pyridine rings is 1. The average molecular weight is 336 g/mol. The molecule has 0 aliphatic heterocycles. The number of aliphatic hydroxyl groups excluding tert-OH is 1. The molecule has 0 saturated carbocycles. The summed E-state index contributed by atoms with van der Waals surface area (Å²) in [4.78, 5) is 4.11. The zero-order valence-electron chi connectivity index (χ0n) is 11.6. The molecule has 0 amide bonds. The number of benzene rings is 1. The van der Waals surface area contributed by atoms with Gasteiger partial charge in [0.25, 0.3) is 0 Å². The Morgan fingerprint density at radius 2 is 2.10 bits per heavy atom. The molecule has 0 aliphatic carbocycles. The first-order chi connectivity index (χ1) is 9.65. The van der Waals surface area contributed by atoms with Crippen LogP contribution in [0.5, 0.6) is 5.75 Å². The highest BCUT2D eigenvalue weighted by Gasteiger charge is 2.15. The number of hydrogen-bond acceptors (Lipinski definition) is 3. The zero-order chi connectivity index (χ0) is 14.5. The topological polar surface area (TPSA) is 42.4 Å². The lowest BCUT2D eigenvalue weighted by Crippen LogP contribution is -2.06. The van der Waals surface area contributed by atoms with Gasteiger partial charge >= 0.3 is 0 Å². The maximum Gasteiger partial charge on any atom is 0.122 e. The zero-order valence-corrected chi connectivity index (χ0v) is 13.2. The number of methoxy groups -OCH3 is 1. The van der Waals surface area contributed by atoms with E-state index in [1.54, 1.807) is 13.3 Å². The normalized spacial score (nSPS) is 12.2. The fourth-order valence-electron chi connectivity index (χ4n) is 2.28. The van der Waals surface area contributed by atoms with Crippen molar-refractivity contribution in [2.75, 3.05) is 7.11 Å². The van der Waals surface area contributed by atoms with Crippen LogP contribution in [0.2, 0.25) is 0 Å². The van der Waals surface area contributed by atoms with Crippen molar-refractivity contribution in [3.63, 3.8) is 0 Å². The third-order valence-corrected chi connectivity index (χ3v) is 3.83. The molecule has 0 fully saturated rings. The molecule has 0 radical (unpaired) electrons. The molecule has 2 aromatic rings. The Bertz CT molecular complexity index is 586. The Morgan fingerprint density at radius 1 is 1.30 bits per heavy atom. The Hall–Kier alpha value is -1.39. The van der Waals surface area contributed by atoms with E-state index in [1.165, 1.54) is 0 Å². The third kappa shape index (κ3) is 3.38. The largest absolute Gasteiger partial charge is 0.496 e. The Labute approximate surface area is 127 Å². The van der Waals surface area contributed by atoms with Gasteiger partial charge in [-0.15, -0.1) is 0 Å². The summed E-state index contributed by atoms with van der Waals surface area (Å²) >= 11 is 3.45.